The molecular weight excluding hydrogens is 444 g/mol. The molecule has 3 aromatic carbocycles. The topological polar surface area (TPSA) is 76.0 Å². The van der Waals surface area contributed by atoms with Crippen molar-refractivity contribution in [3.63, 3.8) is 0 Å². The van der Waals surface area contributed by atoms with Crippen LogP contribution in [0.25, 0.3) is 10.2 Å². The first-order chi connectivity index (χ1) is 16.6. The number of hydrogen-bond acceptors (Lipinski definition) is 5. The van der Waals surface area contributed by atoms with Crippen molar-refractivity contribution in [3.05, 3.63) is 118 Å². The molecule has 0 radical (unpaired) electrons. The predicted molar refractivity (Wildman–Crippen MR) is 138 cm³/mol. The molecule has 0 saturated heterocycles. The molecule has 2 N–H and O–H groups in total. The molecule has 0 bridgehead atoms. The molecular formula is C27H22N4O2S. The Hall–Kier alpha value is -4.23. The van der Waals surface area contributed by atoms with E-state index in [9.17, 15) is 9.59 Å². The molecule has 0 fully saturated rings. The van der Waals surface area contributed by atoms with Gasteiger partial charge in [-0.2, -0.15) is 0 Å². The molecule has 0 unspecified atom stereocenters. The molecule has 2 aromatic heterocycles. The highest BCUT2D eigenvalue weighted by atomic mass is 32.1. The van der Waals surface area contributed by atoms with Gasteiger partial charge in [0.05, 0.1) is 23.1 Å². The first-order valence-electron chi connectivity index (χ1n) is 10.8. The number of aromatic nitrogens is 2. The summed E-state index contributed by atoms with van der Waals surface area (Å²) in [4.78, 5) is 31.7. The van der Waals surface area contributed by atoms with E-state index >= 15 is 0 Å². The van der Waals surface area contributed by atoms with Gasteiger partial charge < -0.3 is 10.6 Å². The standard InChI is InChI=1S/C27H22N4O2S/c1-18-23-26(28-17-31(27(23)33)16-19-8-4-2-5-9-19)34-24(18)25(32)30-22-14-12-21(13-15-22)29-20-10-6-3-7-11-20/h2-15,17,29H,16H2,1H3,(H,30,32). The Kier molecular flexibility index (Phi) is 5.93. The number of nitrogens with zero attached hydrogens (tertiary/aromatic N) is 2. The number of thiophene rings is 1. The van der Waals surface area contributed by atoms with Crippen LogP contribution in [0.15, 0.2) is 96.1 Å². The van der Waals surface area contributed by atoms with E-state index in [0.29, 0.717) is 32.9 Å². The van der Waals surface area contributed by atoms with Gasteiger partial charge >= 0.3 is 0 Å². The number of aryl methyl sites for hydroxylation is 1. The maximum Gasteiger partial charge on any atom is 0.266 e. The molecule has 0 aliphatic heterocycles. The van der Waals surface area contributed by atoms with Crippen molar-refractivity contribution in [2.24, 2.45) is 0 Å². The number of para-hydroxylation sites is 1. The number of benzene rings is 3. The third kappa shape index (κ3) is 4.46. The van der Waals surface area contributed by atoms with Gasteiger partial charge in [-0.25, -0.2) is 4.98 Å². The normalized spacial score (nSPS) is 10.9. The predicted octanol–water partition coefficient (Wildman–Crippen LogP) is 5.81. The van der Waals surface area contributed by atoms with E-state index in [2.05, 4.69) is 15.6 Å². The van der Waals surface area contributed by atoms with Gasteiger partial charge in [0, 0.05) is 17.1 Å². The van der Waals surface area contributed by atoms with Gasteiger partial charge in [-0.1, -0.05) is 48.5 Å². The minimum Gasteiger partial charge on any atom is -0.356 e. The minimum absolute atomic E-state index is 0.141. The SMILES string of the molecule is Cc1c(C(=O)Nc2ccc(Nc3ccccc3)cc2)sc2ncn(Cc3ccccc3)c(=O)c12. The molecule has 0 saturated carbocycles. The van der Waals surface area contributed by atoms with Gasteiger partial charge in [-0.05, 0) is 54.4 Å². The Balaban J connectivity index is 1.35. The van der Waals surface area contributed by atoms with Crippen LogP contribution < -0.4 is 16.2 Å². The Morgan fingerprint density at radius 3 is 2.21 bits per heavy atom. The minimum atomic E-state index is -0.252. The molecule has 1 amide bonds. The summed E-state index contributed by atoms with van der Waals surface area (Å²) >= 11 is 1.24. The van der Waals surface area contributed by atoms with E-state index in [0.717, 1.165) is 16.9 Å². The van der Waals surface area contributed by atoms with Crippen LogP contribution in [0.4, 0.5) is 17.1 Å². The number of rotatable bonds is 6. The third-order valence-electron chi connectivity index (χ3n) is 5.52. The molecule has 0 spiro atoms. The maximum absolute atomic E-state index is 13.1. The Morgan fingerprint density at radius 2 is 1.50 bits per heavy atom. The van der Waals surface area contributed by atoms with Crippen LogP contribution in [-0.2, 0) is 6.54 Å². The van der Waals surface area contributed by atoms with Crippen molar-refractivity contribution in [1.82, 2.24) is 9.55 Å². The van der Waals surface area contributed by atoms with Crippen LogP contribution in [0.5, 0.6) is 0 Å². The van der Waals surface area contributed by atoms with Crippen LogP contribution in [0.1, 0.15) is 20.8 Å². The number of carbonyl (C=O) groups is 1. The monoisotopic (exact) mass is 466 g/mol. The van der Waals surface area contributed by atoms with Gasteiger partial charge in [-0.15, -0.1) is 11.3 Å². The van der Waals surface area contributed by atoms with E-state index < -0.39 is 0 Å². The Bertz CT molecular complexity index is 1510. The second-order valence-corrected chi connectivity index (χ2v) is 8.92. The lowest BCUT2D eigenvalue weighted by Gasteiger charge is -2.08. The molecule has 7 heteroatoms. The van der Waals surface area contributed by atoms with Crippen molar-refractivity contribution in [1.29, 1.82) is 0 Å². The fourth-order valence-electron chi connectivity index (χ4n) is 3.78. The Morgan fingerprint density at radius 1 is 0.882 bits per heavy atom. The number of amides is 1. The summed E-state index contributed by atoms with van der Waals surface area (Å²) in [6.45, 7) is 2.24. The lowest BCUT2D eigenvalue weighted by atomic mass is 10.2. The van der Waals surface area contributed by atoms with Gasteiger partial charge in [0.15, 0.2) is 0 Å². The summed E-state index contributed by atoms with van der Waals surface area (Å²) in [5, 5.41) is 6.74. The van der Waals surface area contributed by atoms with Crippen LogP contribution in [0.2, 0.25) is 0 Å². The number of hydrogen-bond donors (Lipinski definition) is 2. The largest absolute Gasteiger partial charge is 0.356 e. The first kappa shape index (κ1) is 21.6. The summed E-state index contributed by atoms with van der Waals surface area (Å²) in [5.74, 6) is -0.252. The lowest BCUT2D eigenvalue weighted by Crippen LogP contribution is -2.21. The summed E-state index contributed by atoms with van der Waals surface area (Å²) in [5.41, 5.74) is 4.12. The zero-order chi connectivity index (χ0) is 23.5. The number of carbonyl (C=O) groups excluding carboxylic acids is 1. The highest BCUT2D eigenvalue weighted by Crippen LogP contribution is 2.28. The number of nitrogens with one attached hydrogen (secondary N) is 2. The number of anilines is 3. The van der Waals surface area contributed by atoms with Gasteiger partial charge in [0.2, 0.25) is 0 Å². The second kappa shape index (κ2) is 9.33. The summed E-state index contributed by atoms with van der Waals surface area (Å²) in [6, 6.07) is 27.1. The maximum atomic E-state index is 13.1. The van der Waals surface area contributed by atoms with Crippen LogP contribution in [0, 0.1) is 6.92 Å². The third-order valence-corrected chi connectivity index (χ3v) is 6.72. The summed E-state index contributed by atoms with van der Waals surface area (Å²) < 4.78 is 1.58. The summed E-state index contributed by atoms with van der Waals surface area (Å²) in [7, 11) is 0. The molecule has 5 aromatic rings. The molecule has 0 atom stereocenters. The van der Waals surface area contributed by atoms with Crippen molar-refractivity contribution in [2.75, 3.05) is 10.6 Å². The molecule has 0 aliphatic carbocycles. The highest BCUT2D eigenvalue weighted by molar-refractivity contribution is 7.20. The zero-order valence-electron chi connectivity index (χ0n) is 18.5. The highest BCUT2D eigenvalue weighted by Gasteiger charge is 2.19. The van der Waals surface area contributed by atoms with E-state index in [4.69, 9.17) is 0 Å². The number of fused-ring (bicyclic) bond motifs is 1. The fraction of sp³-hybridized carbons (Fsp3) is 0.0741. The van der Waals surface area contributed by atoms with E-state index in [-0.39, 0.29) is 11.5 Å². The zero-order valence-corrected chi connectivity index (χ0v) is 19.3. The van der Waals surface area contributed by atoms with Gasteiger partial charge in [0.25, 0.3) is 11.5 Å². The smallest absolute Gasteiger partial charge is 0.266 e. The van der Waals surface area contributed by atoms with Crippen LogP contribution in [0.3, 0.4) is 0 Å². The molecule has 5 rings (SSSR count). The van der Waals surface area contributed by atoms with Crippen LogP contribution in [-0.4, -0.2) is 15.5 Å². The van der Waals surface area contributed by atoms with Crippen LogP contribution >= 0.6 is 11.3 Å². The van der Waals surface area contributed by atoms with Gasteiger partial charge in [-0.3, -0.25) is 14.2 Å². The molecule has 6 nitrogen and oxygen atoms in total. The first-order valence-corrected chi connectivity index (χ1v) is 11.7. The van der Waals surface area contributed by atoms with Crippen molar-refractivity contribution < 1.29 is 4.79 Å². The van der Waals surface area contributed by atoms with E-state index in [1.807, 2.05) is 84.9 Å². The lowest BCUT2D eigenvalue weighted by molar-refractivity contribution is 0.103. The molecule has 0 aliphatic rings. The van der Waals surface area contributed by atoms with Crippen molar-refractivity contribution >= 4 is 44.5 Å². The fourth-order valence-corrected chi connectivity index (χ4v) is 4.82. The molecule has 2 heterocycles. The van der Waals surface area contributed by atoms with E-state index in [1.54, 1.807) is 17.8 Å². The van der Waals surface area contributed by atoms with Gasteiger partial charge in [0.1, 0.15) is 4.83 Å². The summed E-state index contributed by atoms with van der Waals surface area (Å²) in [6.07, 6.45) is 1.55. The average molecular weight is 467 g/mol. The Labute approximate surface area is 200 Å². The van der Waals surface area contributed by atoms with Crippen molar-refractivity contribution in [3.8, 4) is 0 Å². The quantitative estimate of drug-likeness (QED) is 0.331. The van der Waals surface area contributed by atoms with E-state index in [1.165, 1.54) is 11.3 Å². The molecule has 168 valence electrons. The second-order valence-electron chi connectivity index (χ2n) is 7.92. The van der Waals surface area contributed by atoms with Crippen molar-refractivity contribution in [2.45, 2.75) is 13.5 Å². The molecule has 34 heavy (non-hydrogen) atoms. The average Bonchev–Trinajstić information content (AvgIpc) is 3.20.